The Labute approximate surface area is 182 Å². The fourth-order valence-corrected chi connectivity index (χ4v) is 4.35. The van der Waals surface area contributed by atoms with E-state index in [1.165, 1.54) is 0 Å². The Hall–Kier alpha value is -2.87. The largest absolute Gasteiger partial charge is 0.497 e. The minimum atomic E-state index is -0.249. The molecule has 166 valence electrons. The molecule has 3 heterocycles. The third-order valence-corrected chi connectivity index (χ3v) is 6.11. The first-order valence-corrected chi connectivity index (χ1v) is 10.9. The predicted octanol–water partition coefficient (Wildman–Crippen LogP) is 2.64. The summed E-state index contributed by atoms with van der Waals surface area (Å²) in [6.07, 6.45) is 5.87. The lowest BCUT2D eigenvalue weighted by molar-refractivity contribution is -0.142. The van der Waals surface area contributed by atoms with Gasteiger partial charge in [-0.05, 0) is 62.3 Å². The number of rotatable bonds is 6. The number of benzene rings is 1. The van der Waals surface area contributed by atoms with Crippen molar-refractivity contribution >= 4 is 17.5 Å². The molecule has 1 atom stereocenters. The van der Waals surface area contributed by atoms with Crippen LogP contribution in [0.4, 0.5) is 5.69 Å². The molecule has 0 bridgehead atoms. The number of hydrogen-bond acceptors (Lipinski definition) is 5. The summed E-state index contributed by atoms with van der Waals surface area (Å²) < 4.78 is 12.4. The fourth-order valence-electron chi connectivity index (χ4n) is 4.35. The van der Waals surface area contributed by atoms with Gasteiger partial charge in [0.05, 0.1) is 18.4 Å². The first kappa shape index (κ1) is 21.4. The van der Waals surface area contributed by atoms with Gasteiger partial charge in [0.1, 0.15) is 11.9 Å². The average Bonchev–Trinajstić information content (AvgIpc) is 3.44. The van der Waals surface area contributed by atoms with Crippen LogP contribution in [-0.2, 0) is 23.0 Å². The number of likely N-dealkylation sites (tertiary alicyclic amines) is 1. The van der Waals surface area contributed by atoms with Gasteiger partial charge in [-0.1, -0.05) is 0 Å². The summed E-state index contributed by atoms with van der Waals surface area (Å²) in [5.41, 5.74) is 2.11. The maximum atomic E-state index is 12.9. The lowest BCUT2D eigenvalue weighted by atomic mass is 9.91. The standard InChI is InChI=1S/C23H30N4O4/c1-26-15-19(22(28)24-17-5-7-18(30-2)8-6-17)20(25-26)14-16-9-11-27(12-10-16)23(29)21-4-3-13-31-21/h5-8,15-16,21H,3-4,9-14H2,1-2H3,(H,24,28)/t21-/m0/s1. The van der Waals surface area contributed by atoms with Gasteiger partial charge in [-0.3, -0.25) is 14.3 Å². The lowest BCUT2D eigenvalue weighted by Crippen LogP contribution is -2.44. The zero-order valence-electron chi connectivity index (χ0n) is 18.2. The molecule has 8 heteroatoms. The molecule has 2 aliphatic heterocycles. The number of amides is 2. The van der Waals surface area contributed by atoms with Crippen LogP contribution in [0.3, 0.4) is 0 Å². The molecular formula is C23H30N4O4. The monoisotopic (exact) mass is 426 g/mol. The van der Waals surface area contributed by atoms with Crippen LogP contribution in [0, 0.1) is 5.92 Å². The molecule has 0 saturated carbocycles. The van der Waals surface area contributed by atoms with Gasteiger partial charge in [-0.25, -0.2) is 0 Å². The van der Waals surface area contributed by atoms with Crippen LogP contribution < -0.4 is 10.1 Å². The quantitative estimate of drug-likeness (QED) is 0.768. The minimum Gasteiger partial charge on any atom is -0.497 e. The fraction of sp³-hybridized carbons (Fsp3) is 0.522. The number of anilines is 1. The molecule has 2 saturated heterocycles. The summed E-state index contributed by atoms with van der Waals surface area (Å²) in [6, 6.07) is 7.25. The van der Waals surface area contributed by atoms with Crippen LogP contribution >= 0.6 is 0 Å². The van der Waals surface area contributed by atoms with Crippen LogP contribution in [0.1, 0.15) is 41.7 Å². The van der Waals surface area contributed by atoms with Crippen molar-refractivity contribution in [3.8, 4) is 5.75 Å². The highest BCUT2D eigenvalue weighted by molar-refractivity contribution is 6.05. The van der Waals surface area contributed by atoms with Crippen LogP contribution in [0.5, 0.6) is 5.75 Å². The second-order valence-corrected chi connectivity index (χ2v) is 8.32. The summed E-state index contributed by atoms with van der Waals surface area (Å²) in [4.78, 5) is 27.4. The highest BCUT2D eigenvalue weighted by Crippen LogP contribution is 2.25. The van der Waals surface area contributed by atoms with Gasteiger partial charge in [0.25, 0.3) is 11.8 Å². The van der Waals surface area contributed by atoms with Crippen LogP contribution in [0.25, 0.3) is 0 Å². The molecular weight excluding hydrogens is 396 g/mol. The van der Waals surface area contributed by atoms with Crippen molar-refractivity contribution in [3.05, 3.63) is 41.7 Å². The second-order valence-electron chi connectivity index (χ2n) is 8.32. The molecule has 0 radical (unpaired) electrons. The molecule has 0 unspecified atom stereocenters. The Kier molecular flexibility index (Phi) is 6.56. The predicted molar refractivity (Wildman–Crippen MR) is 116 cm³/mol. The van der Waals surface area contributed by atoms with Crippen molar-refractivity contribution in [3.63, 3.8) is 0 Å². The van der Waals surface area contributed by atoms with Gasteiger partial charge in [0, 0.05) is 38.6 Å². The Morgan fingerprint density at radius 1 is 1.19 bits per heavy atom. The third-order valence-electron chi connectivity index (χ3n) is 6.11. The van der Waals surface area contributed by atoms with E-state index in [9.17, 15) is 9.59 Å². The lowest BCUT2D eigenvalue weighted by Gasteiger charge is -2.33. The Balaban J connectivity index is 1.35. The van der Waals surface area contributed by atoms with Crippen LogP contribution in [0.2, 0.25) is 0 Å². The van der Waals surface area contributed by atoms with E-state index in [0.717, 1.165) is 56.6 Å². The first-order valence-electron chi connectivity index (χ1n) is 10.9. The van der Waals surface area contributed by atoms with E-state index < -0.39 is 0 Å². The molecule has 31 heavy (non-hydrogen) atoms. The third kappa shape index (κ3) is 5.07. The zero-order chi connectivity index (χ0) is 21.8. The normalized spacial score (nSPS) is 19.4. The number of nitrogens with one attached hydrogen (secondary N) is 1. The summed E-state index contributed by atoms with van der Waals surface area (Å²) in [7, 11) is 3.44. The summed E-state index contributed by atoms with van der Waals surface area (Å²) in [6.45, 7) is 2.17. The summed E-state index contributed by atoms with van der Waals surface area (Å²) in [5, 5.41) is 7.49. The highest BCUT2D eigenvalue weighted by Gasteiger charge is 2.31. The number of aryl methyl sites for hydroxylation is 1. The number of piperidine rings is 1. The molecule has 2 amide bonds. The number of aromatic nitrogens is 2. The Bertz CT molecular complexity index is 910. The summed E-state index contributed by atoms with van der Waals surface area (Å²) in [5.74, 6) is 1.10. The number of nitrogens with zero attached hydrogens (tertiary/aromatic N) is 3. The molecule has 1 aromatic heterocycles. The van der Waals surface area contributed by atoms with Crippen LogP contribution in [0.15, 0.2) is 30.5 Å². The van der Waals surface area contributed by atoms with E-state index >= 15 is 0 Å². The maximum absolute atomic E-state index is 12.9. The van der Waals surface area contributed by atoms with E-state index in [1.807, 2.05) is 36.2 Å². The van der Waals surface area contributed by atoms with Crippen molar-refractivity contribution < 1.29 is 19.1 Å². The number of hydrogen-bond donors (Lipinski definition) is 1. The first-order chi connectivity index (χ1) is 15.0. The maximum Gasteiger partial charge on any atom is 0.259 e. The molecule has 0 aliphatic carbocycles. The molecule has 1 N–H and O–H groups in total. The van der Waals surface area contributed by atoms with Crippen molar-refractivity contribution in [1.82, 2.24) is 14.7 Å². The van der Waals surface area contributed by atoms with Crippen LogP contribution in [-0.4, -0.2) is 59.4 Å². The number of ether oxygens (including phenoxy) is 2. The van der Waals surface area contributed by atoms with Crippen molar-refractivity contribution in [2.75, 3.05) is 32.1 Å². The molecule has 2 fully saturated rings. The van der Waals surface area contributed by atoms with Gasteiger partial charge in [0.15, 0.2) is 0 Å². The number of carbonyl (C=O) groups is 2. The molecule has 1 aromatic carbocycles. The van der Waals surface area contributed by atoms with Crippen molar-refractivity contribution in [1.29, 1.82) is 0 Å². The molecule has 8 nitrogen and oxygen atoms in total. The molecule has 2 aliphatic rings. The SMILES string of the molecule is COc1ccc(NC(=O)c2cn(C)nc2CC2CCN(C(=O)[C@@H]3CCCO3)CC2)cc1. The van der Waals surface area contributed by atoms with Crippen molar-refractivity contribution in [2.24, 2.45) is 13.0 Å². The number of carbonyl (C=O) groups excluding carboxylic acids is 2. The van der Waals surface area contributed by atoms with Gasteiger partial charge in [-0.15, -0.1) is 0 Å². The van der Waals surface area contributed by atoms with E-state index in [1.54, 1.807) is 18.0 Å². The van der Waals surface area contributed by atoms with Gasteiger partial charge in [-0.2, -0.15) is 5.10 Å². The summed E-state index contributed by atoms with van der Waals surface area (Å²) >= 11 is 0. The molecule has 4 rings (SSSR count). The molecule has 0 spiro atoms. The second kappa shape index (κ2) is 9.51. The average molecular weight is 427 g/mol. The van der Waals surface area contributed by atoms with Gasteiger partial charge in [0.2, 0.25) is 0 Å². The van der Waals surface area contributed by atoms with E-state index in [2.05, 4.69) is 10.4 Å². The topological polar surface area (TPSA) is 85.7 Å². The highest BCUT2D eigenvalue weighted by atomic mass is 16.5. The zero-order valence-corrected chi connectivity index (χ0v) is 18.2. The smallest absolute Gasteiger partial charge is 0.259 e. The van der Waals surface area contributed by atoms with Crippen molar-refractivity contribution in [2.45, 2.75) is 38.2 Å². The van der Waals surface area contributed by atoms with E-state index in [4.69, 9.17) is 9.47 Å². The Morgan fingerprint density at radius 2 is 1.94 bits per heavy atom. The van der Waals surface area contributed by atoms with Gasteiger partial charge >= 0.3 is 0 Å². The number of methoxy groups -OCH3 is 1. The minimum absolute atomic E-state index is 0.133. The Morgan fingerprint density at radius 3 is 2.58 bits per heavy atom. The molecule has 2 aromatic rings. The van der Waals surface area contributed by atoms with E-state index in [0.29, 0.717) is 23.8 Å². The van der Waals surface area contributed by atoms with E-state index in [-0.39, 0.29) is 17.9 Å². The van der Waals surface area contributed by atoms with Gasteiger partial charge < -0.3 is 19.7 Å².